The minimum Gasteiger partial charge on any atom is -1.00 e. The van der Waals surface area contributed by atoms with Crippen LogP contribution in [0.1, 0.15) is 44.6 Å². The summed E-state index contributed by atoms with van der Waals surface area (Å²) >= 11 is 6.39. The van der Waals surface area contributed by atoms with Gasteiger partial charge in [-0.25, -0.2) is 19.3 Å². The fourth-order valence-corrected chi connectivity index (χ4v) is 7.06. The van der Waals surface area contributed by atoms with Crippen LogP contribution in [0.2, 0.25) is 5.02 Å². The SMILES string of the molecule is COc1cc(-n2cccn2)ccc1-c1nn(C)c2c(CC(C)C)cc(C)nc12.COc1cc(-n2cccn2)ccc1-c1nn(C)c2c(Cl)cc(C)nc12.[Br-].[CH2-]C(C)C.[Mg+2]. The van der Waals surface area contributed by atoms with Crippen molar-refractivity contribution < 1.29 is 26.5 Å². The smallest absolute Gasteiger partial charge is 1.00 e. The van der Waals surface area contributed by atoms with E-state index in [-0.39, 0.29) is 40.0 Å². The molecule has 8 rings (SSSR count). The van der Waals surface area contributed by atoms with E-state index < -0.39 is 0 Å². The number of rotatable bonds is 8. The molecule has 0 unspecified atom stereocenters. The second-order valence-electron chi connectivity index (χ2n) is 14.7. The summed E-state index contributed by atoms with van der Waals surface area (Å²) in [6.07, 6.45) is 8.29. The number of aryl methyl sites for hydroxylation is 4. The van der Waals surface area contributed by atoms with E-state index in [1.807, 2.05) is 104 Å². The van der Waals surface area contributed by atoms with Crippen LogP contribution in [0.3, 0.4) is 0 Å². The van der Waals surface area contributed by atoms with Crippen LogP contribution in [0.5, 0.6) is 11.5 Å². The van der Waals surface area contributed by atoms with Gasteiger partial charge in [-0.2, -0.15) is 26.3 Å². The molecular weight excluding hydrogens is 840 g/mol. The molecule has 0 saturated heterocycles. The van der Waals surface area contributed by atoms with E-state index >= 15 is 0 Å². The van der Waals surface area contributed by atoms with Crippen molar-refractivity contribution in [3.8, 4) is 45.4 Å². The monoisotopic (exact) mass is 888 g/mol. The van der Waals surface area contributed by atoms with E-state index in [9.17, 15) is 0 Å². The van der Waals surface area contributed by atoms with Crippen LogP contribution in [0.4, 0.5) is 0 Å². The number of pyridine rings is 2. The third-order valence-electron chi connectivity index (χ3n) is 8.92. The van der Waals surface area contributed by atoms with Crippen molar-refractivity contribution in [3.63, 3.8) is 0 Å². The Morgan fingerprint density at radius 2 is 1.14 bits per heavy atom. The third kappa shape index (κ3) is 10.5. The number of aromatic nitrogens is 10. The number of hydrogen-bond donors (Lipinski definition) is 0. The van der Waals surface area contributed by atoms with Gasteiger partial charge in [0.05, 0.1) is 36.1 Å². The van der Waals surface area contributed by atoms with Crippen molar-refractivity contribution in [2.24, 2.45) is 25.9 Å². The van der Waals surface area contributed by atoms with E-state index in [1.165, 1.54) is 5.56 Å². The molecule has 0 spiro atoms. The first-order chi connectivity index (χ1) is 27.3. The maximum absolute atomic E-state index is 6.39. The molecule has 0 fully saturated rings. The summed E-state index contributed by atoms with van der Waals surface area (Å²) in [7, 11) is 7.17. The Bertz CT molecular complexity index is 2620. The van der Waals surface area contributed by atoms with Crippen LogP contribution in [0.25, 0.3) is 56.0 Å². The summed E-state index contributed by atoms with van der Waals surface area (Å²) in [5, 5.41) is 18.6. The van der Waals surface area contributed by atoms with E-state index in [0.717, 1.165) is 79.5 Å². The topological polar surface area (TPSA) is 116 Å². The zero-order chi connectivity index (χ0) is 41.0. The minimum absolute atomic E-state index is 0. The number of hydrogen-bond acceptors (Lipinski definition) is 8. The average Bonchev–Trinajstić information content (AvgIpc) is 3.99. The Labute approximate surface area is 377 Å². The van der Waals surface area contributed by atoms with Crippen molar-refractivity contribution >= 4 is 56.7 Å². The second kappa shape index (κ2) is 20.5. The van der Waals surface area contributed by atoms with Crippen LogP contribution in [0, 0.1) is 32.6 Å². The van der Waals surface area contributed by atoms with Crippen LogP contribution in [0.15, 0.2) is 85.5 Å². The predicted octanol–water partition coefficient (Wildman–Crippen LogP) is 6.23. The van der Waals surface area contributed by atoms with Crippen LogP contribution < -0.4 is 26.5 Å². The molecule has 0 aliphatic heterocycles. The molecule has 0 N–H and O–H groups in total. The Kier molecular flexibility index (Phi) is 16.3. The molecule has 2 aromatic carbocycles. The molecule has 8 aromatic rings. The van der Waals surface area contributed by atoms with Crippen molar-refractivity contribution in [3.05, 3.63) is 114 Å². The van der Waals surface area contributed by atoms with Crippen molar-refractivity contribution in [2.45, 2.75) is 48.0 Å². The zero-order valence-electron chi connectivity index (χ0n) is 35.4. The first-order valence-corrected chi connectivity index (χ1v) is 19.2. The maximum atomic E-state index is 6.39. The van der Waals surface area contributed by atoms with Gasteiger partial charge in [0, 0.05) is 73.5 Å². The van der Waals surface area contributed by atoms with Gasteiger partial charge in [0.1, 0.15) is 39.4 Å². The van der Waals surface area contributed by atoms with Gasteiger partial charge < -0.3 is 33.4 Å². The fourth-order valence-electron chi connectivity index (χ4n) is 6.69. The van der Waals surface area contributed by atoms with Gasteiger partial charge in [0.2, 0.25) is 0 Å². The van der Waals surface area contributed by atoms with Crippen molar-refractivity contribution in [1.82, 2.24) is 49.1 Å². The number of ether oxygens (including phenoxy) is 2. The molecule has 12 nitrogen and oxygen atoms in total. The Hall–Kier alpha value is -4.76. The molecule has 59 heavy (non-hydrogen) atoms. The van der Waals surface area contributed by atoms with Gasteiger partial charge in [-0.1, -0.05) is 39.3 Å². The van der Waals surface area contributed by atoms with Crippen molar-refractivity contribution in [1.29, 1.82) is 0 Å². The largest absolute Gasteiger partial charge is 2.00 e. The molecular formula is C44H50BrClMgN10O2. The summed E-state index contributed by atoms with van der Waals surface area (Å²) in [6.45, 7) is 16.2. The predicted molar refractivity (Wildman–Crippen MR) is 234 cm³/mol. The van der Waals surface area contributed by atoms with Crippen LogP contribution >= 0.6 is 11.6 Å². The van der Waals surface area contributed by atoms with Gasteiger partial charge in [-0.05, 0) is 80.3 Å². The third-order valence-corrected chi connectivity index (χ3v) is 9.20. The Balaban J connectivity index is 0.000000233. The molecule has 0 atom stereocenters. The number of benzene rings is 2. The summed E-state index contributed by atoms with van der Waals surface area (Å²) in [6, 6.07) is 19.7. The molecule has 0 aliphatic carbocycles. The quantitative estimate of drug-likeness (QED) is 0.131. The van der Waals surface area contributed by atoms with Crippen molar-refractivity contribution in [2.75, 3.05) is 14.2 Å². The number of nitrogens with zero attached hydrogens (tertiary/aromatic N) is 10. The first-order valence-electron chi connectivity index (χ1n) is 18.8. The van der Waals surface area contributed by atoms with Crippen LogP contribution in [-0.4, -0.2) is 86.4 Å². The molecule has 304 valence electrons. The standard InChI is InChI=1S/C22H25N5O.C18H16ClN5O.C4H9.BrH.Mg/c1-14(2)11-16-12-15(3)24-21-20(25-26(4)22(16)21)18-8-7-17(13-19(18)28-5)27-10-6-9-23-27;1-11-9-14(19)18-17(21-11)16(22-23(18)2)13-6-5-12(10-15(13)25-3)24-8-4-7-20-24;1-4(2)3;;/h6-10,12-14H,11H2,1-5H3;4-10H,1-3H3;4H,1H2,2-3H3;1H;/q;;-1;;+2/p-1. The van der Waals surface area contributed by atoms with E-state index in [0.29, 0.717) is 22.6 Å². The Morgan fingerprint density at radius 3 is 1.56 bits per heavy atom. The summed E-state index contributed by atoms with van der Waals surface area (Å²) in [5.74, 6) is 2.60. The summed E-state index contributed by atoms with van der Waals surface area (Å²) in [5.41, 5.74) is 11.9. The molecule has 0 radical (unpaired) electrons. The van der Waals surface area contributed by atoms with Crippen LogP contribution in [-0.2, 0) is 20.5 Å². The van der Waals surface area contributed by atoms with Gasteiger partial charge >= 0.3 is 23.1 Å². The zero-order valence-corrected chi connectivity index (χ0v) is 39.2. The fraction of sp³-hybridized carbons (Fsp3) is 0.295. The van der Waals surface area contributed by atoms with Gasteiger partial charge in [0.15, 0.2) is 0 Å². The normalized spacial score (nSPS) is 10.8. The maximum Gasteiger partial charge on any atom is 2.00 e. The van der Waals surface area contributed by atoms with Gasteiger partial charge in [-0.15, -0.1) is 0 Å². The summed E-state index contributed by atoms with van der Waals surface area (Å²) < 4.78 is 18.6. The number of methoxy groups -OCH3 is 2. The first kappa shape index (κ1) is 46.9. The van der Waals surface area contributed by atoms with E-state index in [4.69, 9.17) is 31.2 Å². The molecule has 0 bridgehead atoms. The van der Waals surface area contributed by atoms with E-state index in [2.05, 4.69) is 61.0 Å². The number of fused-ring (bicyclic) bond motifs is 2. The molecule has 15 heteroatoms. The molecule has 6 heterocycles. The summed E-state index contributed by atoms with van der Waals surface area (Å²) in [4.78, 5) is 9.47. The molecule has 0 amide bonds. The van der Waals surface area contributed by atoms with Gasteiger partial charge in [-0.3, -0.25) is 9.36 Å². The second-order valence-corrected chi connectivity index (χ2v) is 15.1. The average molecular weight is 891 g/mol. The molecule has 6 aromatic heterocycles. The minimum atomic E-state index is 0. The Morgan fingerprint density at radius 1 is 0.695 bits per heavy atom. The van der Waals surface area contributed by atoms with E-state index in [1.54, 1.807) is 36.0 Å². The molecule has 0 saturated carbocycles. The number of halogens is 2. The molecule has 0 aliphatic rings. The van der Waals surface area contributed by atoms with Gasteiger partial charge in [0.25, 0.3) is 0 Å².